The lowest BCUT2D eigenvalue weighted by atomic mass is 9.80. The fraction of sp³-hybridized carbons (Fsp3) is 0.137. The SMILES string of the molecule is C1=CCCC(c2ccc3c(c2)c2ccccc2n3C2=CC=C(c3c4ccccc4c(C4=CCC5C=CC=CC5=C4)c4ccccc34)C=CC2)=C1.CC. The summed E-state index contributed by atoms with van der Waals surface area (Å²) < 4.78 is 2.48. The van der Waals surface area contributed by atoms with Crippen molar-refractivity contribution < 1.29 is 0 Å². The first kappa shape index (κ1) is 32.0. The number of hydrogen-bond acceptors (Lipinski definition) is 0. The van der Waals surface area contributed by atoms with Crippen LogP contribution in [0.5, 0.6) is 0 Å². The van der Waals surface area contributed by atoms with Crippen molar-refractivity contribution in [2.75, 3.05) is 0 Å². The van der Waals surface area contributed by atoms with E-state index in [1.807, 2.05) is 13.8 Å². The third-order valence-corrected chi connectivity index (χ3v) is 11.0. The molecule has 52 heavy (non-hydrogen) atoms. The molecule has 0 amide bonds. The number of para-hydroxylation sites is 1. The van der Waals surface area contributed by atoms with Gasteiger partial charge >= 0.3 is 0 Å². The predicted molar refractivity (Wildman–Crippen MR) is 227 cm³/mol. The number of nitrogens with zero attached hydrogens (tertiary/aromatic N) is 1. The van der Waals surface area contributed by atoms with E-state index in [0.717, 1.165) is 25.7 Å². The molecule has 0 saturated heterocycles. The highest BCUT2D eigenvalue weighted by atomic mass is 15.0. The molecule has 1 nitrogen and oxygen atoms in total. The van der Waals surface area contributed by atoms with E-state index in [-0.39, 0.29) is 0 Å². The molecule has 5 aromatic carbocycles. The van der Waals surface area contributed by atoms with Crippen LogP contribution in [-0.2, 0) is 0 Å². The quantitative estimate of drug-likeness (QED) is 0.165. The lowest BCUT2D eigenvalue weighted by molar-refractivity contribution is 0.783. The molecule has 0 bridgehead atoms. The second-order valence-corrected chi connectivity index (χ2v) is 13.9. The van der Waals surface area contributed by atoms with E-state index in [0.29, 0.717) is 5.92 Å². The monoisotopic (exact) mass is 669 g/mol. The van der Waals surface area contributed by atoms with Gasteiger partial charge in [0.2, 0.25) is 0 Å². The molecule has 1 unspecified atom stereocenters. The summed E-state index contributed by atoms with van der Waals surface area (Å²) in [5.74, 6) is 0.478. The third kappa shape index (κ3) is 5.40. The first-order valence-corrected chi connectivity index (χ1v) is 19.0. The van der Waals surface area contributed by atoms with Crippen molar-refractivity contribution >= 4 is 65.8 Å². The zero-order valence-corrected chi connectivity index (χ0v) is 30.0. The topological polar surface area (TPSA) is 4.93 Å². The number of fused-ring (bicyclic) bond motifs is 6. The van der Waals surface area contributed by atoms with Crippen LogP contribution in [0.4, 0.5) is 0 Å². The number of allylic oxidation sites excluding steroid dienone is 18. The second kappa shape index (κ2) is 13.7. The molecular weight excluding hydrogens is 627 g/mol. The van der Waals surface area contributed by atoms with Crippen LogP contribution < -0.4 is 0 Å². The van der Waals surface area contributed by atoms with Gasteiger partial charge in [0, 0.05) is 28.8 Å². The van der Waals surface area contributed by atoms with Crippen LogP contribution in [0.15, 0.2) is 176 Å². The largest absolute Gasteiger partial charge is 0.313 e. The van der Waals surface area contributed by atoms with Gasteiger partial charge in [0.25, 0.3) is 0 Å². The average Bonchev–Trinajstić information content (AvgIpc) is 3.35. The van der Waals surface area contributed by atoms with E-state index in [2.05, 4.69) is 175 Å². The van der Waals surface area contributed by atoms with Gasteiger partial charge in [0.15, 0.2) is 0 Å². The van der Waals surface area contributed by atoms with Crippen molar-refractivity contribution in [3.63, 3.8) is 0 Å². The molecule has 0 saturated carbocycles. The van der Waals surface area contributed by atoms with Crippen LogP contribution in [0.3, 0.4) is 0 Å². The Kier molecular flexibility index (Phi) is 8.41. The van der Waals surface area contributed by atoms with Crippen LogP contribution in [0, 0.1) is 5.92 Å². The van der Waals surface area contributed by atoms with Crippen LogP contribution in [0.2, 0.25) is 0 Å². The van der Waals surface area contributed by atoms with Gasteiger partial charge in [-0.15, -0.1) is 0 Å². The molecule has 0 radical (unpaired) electrons. The summed E-state index contributed by atoms with van der Waals surface area (Å²) in [7, 11) is 0. The molecule has 1 heterocycles. The summed E-state index contributed by atoms with van der Waals surface area (Å²) in [6.45, 7) is 4.00. The van der Waals surface area contributed by atoms with Crippen molar-refractivity contribution in [3.05, 3.63) is 192 Å². The Morgan fingerprint density at radius 1 is 0.596 bits per heavy atom. The molecule has 0 fully saturated rings. The highest BCUT2D eigenvalue weighted by Gasteiger charge is 2.22. The first-order valence-electron chi connectivity index (χ1n) is 19.0. The maximum absolute atomic E-state index is 2.48. The highest BCUT2D eigenvalue weighted by Crippen LogP contribution is 2.44. The van der Waals surface area contributed by atoms with E-state index in [1.165, 1.54) is 88.0 Å². The van der Waals surface area contributed by atoms with Gasteiger partial charge < -0.3 is 4.57 Å². The molecule has 4 aliphatic rings. The van der Waals surface area contributed by atoms with Gasteiger partial charge in [-0.2, -0.15) is 0 Å². The molecule has 0 spiro atoms. The summed E-state index contributed by atoms with van der Waals surface area (Å²) in [6, 6.07) is 34.0. The Labute approximate surface area is 307 Å². The maximum Gasteiger partial charge on any atom is 0.0538 e. The number of benzene rings is 5. The summed E-state index contributed by atoms with van der Waals surface area (Å²) >= 11 is 0. The third-order valence-electron chi connectivity index (χ3n) is 11.0. The summed E-state index contributed by atoms with van der Waals surface area (Å²) in [6.07, 6.45) is 34.1. The van der Waals surface area contributed by atoms with E-state index < -0.39 is 0 Å². The molecule has 6 aromatic rings. The van der Waals surface area contributed by atoms with Crippen LogP contribution >= 0.6 is 0 Å². The molecule has 10 rings (SSSR count). The highest BCUT2D eigenvalue weighted by molar-refractivity contribution is 6.18. The molecular formula is C51H43N. The zero-order valence-electron chi connectivity index (χ0n) is 30.0. The van der Waals surface area contributed by atoms with Gasteiger partial charge in [-0.05, 0) is 104 Å². The van der Waals surface area contributed by atoms with E-state index in [4.69, 9.17) is 0 Å². The van der Waals surface area contributed by atoms with Crippen molar-refractivity contribution in [1.29, 1.82) is 0 Å². The van der Waals surface area contributed by atoms with Crippen LogP contribution in [-0.4, -0.2) is 4.57 Å². The first-order chi connectivity index (χ1) is 25.8. The molecule has 1 atom stereocenters. The Bertz CT molecular complexity index is 2630. The van der Waals surface area contributed by atoms with Gasteiger partial charge in [-0.1, -0.05) is 160 Å². The molecule has 1 aromatic heterocycles. The van der Waals surface area contributed by atoms with Gasteiger partial charge in [0.1, 0.15) is 0 Å². The summed E-state index contributed by atoms with van der Waals surface area (Å²) in [5, 5.41) is 7.83. The lowest BCUT2D eigenvalue weighted by Crippen LogP contribution is -2.06. The van der Waals surface area contributed by atoms with E-state index >= 15 is 0 Å². The zero-order chi connectivity index (χ0) is 35.0. The molecule has 0 aliphatic heterocycles. The lowest BCUT2D eigenvalue weighted by Gasteiger charge is -2.24. The van der Waals surface area contributed by atoms with Gasteiger partial charge in [-0.25, -0.2) is 0 Å². The van der Waals surface area contributed by atoms with Gasteiger partial charge in [0.05, 0.1) is 11.0 Å². The number of aromatic nitrogens is 1. The smallest absolute Gasteiger partial charge is 0.0538 e. The predicted octanol–water partition coefficient (Wildman–Crippen LogP) is 14.2. The molecule has 1 heteroatoms. The Balaban J connectivity index is 0.00000177. The Morgan fingerprint density at radius 2 is 1.29 bits per heavy atom. The van der Waals surface area contributed by atoms with Crippen molar-refractivity contribution in [2.24, 2.45) is 5.92 Å². The minimum Gasteiger partial charge on any atom is -0.313 e. The minimum absolute atomic E-state index is 0.478. The fourth-order valence-electron chi connectivity index (χ4n) is 8.66. The standard InChI is InChI=1S/C49H37N.C2H6/c1-2-13-33(14-3-1)37-28-30-47-45(32-37)40-19-10-11-24-46(40)50(47)39-18-12-17-35(27-29-39)48-41-20-6-8-22-43(41)49(44-23-9-7-21-42(44)48)38-26-25-34-15-4-5-16-36(34)31-38;1-2/h1-2,4-13,15-17,19-24,26-32,34H,3,14,18,25H2;1-2H3. The summed E-state index contributed by atoms with van der Waals surface area (Å²) in [4.78, 5) is 0. The average molecular weight is 670 g/mol. The molecule has 0 N–H and O–H groups in total. The van der Waals surface area contributed by atoms with Crippen LogP contribution in [0.25, 0.3) is 65.8 Å². The summed E-state index contributed by atoms with van der Waals surface area (Å²) in [5.41, 5.74) is 13.2. The van der Waals surface area contributed by atoms with Crippen LogP contribution in [0.1, 0.15) is 56.2 Å². The second-order valence-electron chi connectivity index (χ2n) is 13.9. The fourth-order valence-corrected chi connectivity index (χ4v) is 8.66. The number of hydrogen-bond donors (Lipinski definition) is 0. The van der Waals surface area contributed by atoms with Gasteiger partial charge in [-0.3, -0.25) is 0 Å². The normalized spacial score (nSPS) is 18.0. The Morgan fingerprint density at radius 3 is 2.02 bits per heavy atom. The van der Waals surface area contributed by atoms with E-state index in [9.17, 15) is 0 Å². The molecule has 252 valence electrons. The van der Waals surface area contributed by atoms with Crippen molar-refractivity contribution in [1.82, 2.24) is 4.57 Å². The minimum atomic E-state index is 0.478. The van der Waals surface area contributed by atoms with Crippen molar-refractivity contribution in [2.45, 2.75) is 39.5 Å². The Hall–Kier alpha value is -5.92. The maximum atomic E-state index is 2.48. The number of rotatable bonds is 4. The molecule has 4 aliphatic carbocycles. The van der Waals surface area contributed by atoms with E-state index in [1.54, 1.807) is 0 Å². The van der Waals surface area contributed by atoms with Crippen molar-refractivity contribution in [3.8, 4) is 0 Å².